The number of nitrogens with zero attached hydrogens (tertiary/aromatic N) is 1. The summed E-state index contributed by atoms with van der Waals surface area (Å²) in [5.74, 6) is -0.658. The van der Waals surface area contributed by atoms with Crippen molar-refractivity contribution in [2.24, 2.45) is 0 Å². The smallest absolute Gasteiger partial charge is 0.244 e. The summed E-state index contributed by atoms with van der Waals surface area (Å²) in [4.78, 5) is 12.2. The first-order chi connectivity index (χ1) is 10.5. The van der Waals surface area contributed by atoms with Gasteiger partial charge in [-0.2, -0.15) is 0 Å². The Balaban J connectivity index is 1.83. The van der Waals surface area contributed by atoms with E-state index < -0.39 is 5.82 Å². The van der Waals surface area contributed by atoms with Crippen molar-refractivity contribution in [2.45, 2.75) is 20.4 Å². The lowest BCUT2D eigenvalue weighted by Crippen LogP contribution is -2.20. The number of anilines is 1. The maximum atomic E-state index is 13.8. The van der Waals surface area contributed by atoms with Crippen LogP contribution in [0.1, 0.15) is 11.3 Å². The molecule has 4 heteroatoms. The minimum Gasteiger partial charge on any atom is -0.335 e. The van der Waals surface area contributed by atoms with Crippen LogP contribution in [0.3, 0.4) is 0 Å². The number of carbonyl (C=O) groups excluding carboxylic acids is 1. The van der Waals surface area contributed by atoms with E-state index in [1.807, 2.05) is 48.7 Å². The second kappa shape index (κ2) is 5.64. The van der Waals surface area contributed by atoms with Crippen LogP contribution in [0.5, 0.6) is 0 Å². The number of carbonyl (C=O) groups is 1. The molecule has 1 amide bonds. The van der Waals surface area contributed by atoms with Gasteiger partial charge < -0.3 is 9.88 Å². The SMILES string of the molecule is Cc1ccc(NC(=O)Cn2c(C)cc3ccccc32)c(F)c1. The molecule has 0 atom stereocenters. The predicted molar refractivity (Wildman–Crippen MR) is 86.4 cm³/mol. The Morgan fingerprint density at radius 1 is 1.14 bits per heavy atom. The van der Waals surface area contributed by atoms with E-state index in [0.29, 0.717) is 0 Å². The van der Waals surface area contributed by atoms with Crippen molar-refractivity contribution in [1.82, 2.24) is 4.57 Å². The summed E-state index contributed by atoms with van der Waals surface area (Å²) in [6.07, 6.45) is 0. The number of amides is 1. The van der Waals surface area contributed by atoms with Gasteiger partial charge in [0.2, 0.25) is 5.91 Å². The number of aryl methyl sites for hydroxylation is 2. The molecule has 1 heterocycles. The Labute approximate surface area is 128 Å². The van der Waals surface area contributed by atoms with E-state index in [9.17, 15) is 9.18 Å². The molecule has 2 aromatic carbocycles. The van der Waals surface area contributed by atoms with Crippen molar-refractivity contribution in [3.63, 3.8) is 0 Å². The van der Waals surface area contributed by atoms with Gasteiger partial charge in [0.05, 0.1) is 5.69 Å². The summed E-state index contributed by atoms with van der Waals surface area (Å²) >= 11 is 0. The molecular formula is C18H17FN2O. The van der Waals surface area contributed by atoms with E-state index in [4.69, 9.17) is 0 Å². The third-order valence-electron chi connectivity index (χ3n) is 3.72. The monoisotopic (exact) mass is 296 g/mol. The van der Waals surface area contributed by atoms with Gasteiger partial charge in [0.25, 0.3) is 0 Å². The highest BCUT2D eigenvalue weighted by molar-refractivity contribution is 5.92. The normalized spacial score (nSPS) is 10.9. The number of aromatic nitrogens is 1. The highest BCUT2D eigenvalue weighted by Gasteiger charge is 2.11. The van der Waals surface area contributed by atoms with Crippen LogP contribution in [0.25, 0.3) is 10.9 Å². The minimum atomic E-state index is -0.414. The molecule has 3 nitrogen and oxygen atoms in total. The summed E-state index contributed by atoms with van der Waals surface area (Å²) in [6, 6.07) is 14.7. The van der Waals surface area contributed by atoms with E-state index in [1.165, 1.54) is 6.07 Å². The van der Waals surface area contributed by atoms with E-state index in [-0.39, 0.29) is 18.1 Å². The summed E-state index contributed by atoms with van der Waals surface area (Å²) in [7, 11) is 0. The average Bonchev–Trinajstić information content (AvgIpc) is 2.78. The zero-order valence-electron chi connectivity index (χ0n) is 12.6. The van der Waals surface area contributed by atoms with Crippen molar-refractivity contribution < 1.29 is 9.18 Å². The first-order valence-corrected chi connectivity index (χ1v) is 7.15. The topological polar surface area (TPSA) is 34.0 Å². The van der Waals surface area contributed by atoms with E-state index in [1.54, 1.807) is 12.1 Å². The molecule has 0 bridgehead atoms. The fourth-order valence-electron chi connectivity index (χ4n) is 2.61. The number of hydrogen-bond acceptors (Lipinski definition) is 1. The molecule has 0 aliphatic rings. The van der Waals surface area contributed by atoms with Crippen LogP contribution < -0.4 is 5.32 Å². The zero-order valence-corrected chi connectivity index (χ0v) is 12.6. The van der Waals surface area contributed by atoms with Crippen molar-refractivity contribution in [3.8, 4) is 0 Å². The van der Waals surface area contributed by atoms with Crippen LogP contribution in [0.2, 0.25) is 0 Å². The quantitative estimate of drug-likeness (QED) is 0.777. The predicted octanol–water partition coefficient (Wildman–Crippen LogP) is 4.04. The standard InChI is InChI=1S/C18H17FN2O/c1-12-7-8-16(15(19)9-12)20-18(22)11-21-13(2)10-14-5-3-4-6-17(14)21/h3-10H,11H2,1-2H3,(H,20,22). The highest BCUT2D eigenvalue weighted by atomic mass is 19.1. The molecule has 3 aromatic rings. The second-order valence-corrected chi connectivity index (χ2v) is 5.46. The van der Waals surface area contributed by atoms with Crippen LogP contribution in [0, 0.1) is 19.7 Å². The number of para-hydroxylation sites is 1. The van der Waals surface area contributed by atoms with Gasteiger partial charge in [0.1, 0.15) is 12.4 Å². The lowest BCUT2D eigenvalue weighted by molar-refractivity contribution is -0.116. The van der Waals surface area contributed by atoms with E-state index in [2.05, 4.69) is 5.32 Å². The molecule has 112 valence electrons. The lowest BCUT2D eigenvalue weighted by Gasteiger charge is -2.10. The van der Waals surface area contributed by atoms with Crippen LogP contribution in [0.4, 0.5) is 10.1 Å². The highest BCUT2D eigenvalue weighted by Crippen LogP contribution is 2.20. The molecule has 0 aliphatic carbocycles. The first-order valence-electron chi connectivity index (χ1n) is 7.15. The van der Waals surface area contributed by atoms with Crippen LogP contribution in [0.15, 0.2) is 48.5 Å². The minimum absolute atomic E-state index is 0.159. The van der Waals surface area contributed by atoms with E-state index in [0.717, 1.165) is 22.2 Å². The molecule has 0 aliphatic heterocycles. The van der Waals surface area contributed by atoms with Gasteiger partial charge in [-0.25, -0.2) is 4.39 Å². The average molecular weight is 296 g/mol. The molecular weight excluding hydrogens is 279 g/mol. The number of hydrogen-bond donors (Lipinski definition) is 1. The largest absolute Gasteiger partial charge is 0.335 e. The number of benzene rings is 2. The van der Waals surface area contributed by atoms with Gasteiger partial charge in [-0.05, 0) is 49.1 Å². The van der Waals surface area contributed by atoms with Gasteiger partial charge in [-0.15, -0.1) is 0 Å². The molecule has 0 radical (unpaired) electrons. The molecule has 0 saturated heterocycles. The number of halogens is 1. The number of fused-ring (bicyclic) bond motifs is 1. The summed E-state index contributed by atoms with van der Waals surface area (Å²) in [5.41, 5.74) is 3.03. The Bertz CT molecular complexity index is 851. The van der Waals surface area contributed by atoms with Gasteiger partial charge >= 0.3 is 0 Å². The number of rotatable bonds is 3. The van der Waals surface area contributed by atoms with Crippen molar-refractivity contribution >= 4 is 22.5 Å². The Morgan fingerprint density at radius 2 is 1.91 bits per heavy atom. The van der Waals surface area contributed by atoms with Crippen LogP contribution in [-0.4, -0.2) is 10.5 Å². The fourth-order valence-corrected chi connectivity index (χ4v) is 2.61. The van der Waals surface area contributed by atoms with Crippen molar-refractivity contribution in [3.05, 3.63) is 65.6 Å². The maximum Gasteiger partial charge on any atom is 0.244 e. The second-order valence-electron chi connectivity index (χ2n) is 5.46. The summed E-state index contributed by atoms with van der Waals surface area (Å²) < 4.78 is 15.7. The van der Waals surface area contributed by atoms with Crippen molar-refractivity contribution in [1.29, 1.82) is 0 Å². The van der Waals surface area contributed by atoms with Gasteiger partial charge in [-0.1, -0.05) is 24.3 Å². The van der Waals surface area contributed by atoms with Gasteiger partial charge in [0, 0.05) is 11.2 Å². The summed E-state index contributed by atoms with van der Waals surface area (Å²) in [5, 5.41) is 3.72. The molecule has 1 aromatic heterocycles. The van der Waals surface area contributed by atoms with Gasteiger partial charge in [0.15, 0.2) is 0 Å². The van der Waals surface area contributed by atoms with Gasteiger partial charge in [-0.3, -0.25) is 4.79 Å². The Hall–Kier alpha value is -2.62. The molecule has 3 rings (SSSR count). The Kier molecular flexibility index (Phi) is 3.67. The Morgan fingerprint density at radius 3 is 2.68 bits per heavy atom. The van der Waals surface area contributed by atoms with Crippen molar-refractivity contribution in [2.75, 3.05) is 5.32 Å². The molecule has 1 N–H and O–H groups in total. The lowest BCUT2D eigenvalue weighted by atomic mass is 10.2. The molecule has 0 saturated carbocycles. The molecule has 0 fully saturated rings. The molecule has 22 heavy (non-hydrogen) atoms. The maximum absolute atomic E-state index is 13.8. The van der Waals surface area contributed by atoms with E-state index >= 15 is 0 Å². The third kappa shape index (κ3) is 2.72. The first kappa shape index (κ1) is 14.3. The van der Waals surface area contributed by atoms with Crippen LogP contribution >= 0.6 is 0 Å². The molecule has 0 unspecified atom stereocenters. The number of nitrogens with one attached hydrogen (secondary N) is 1. The summed E-state index contributed by atoms with van der Waals surface area (Å²) in [6.45, 7) is 3.93. The van der Waals surface area contributed by atoms with Crippen LogP contribution in [-0.2, 0) is 11.3 Å². The fraction of sp³-hybridized carbons (Fsp3) is 0.167. The third-order valence-corrected chi connectivity index (χ3v) is 3.72. The zero-order chi connectivity index (χ0) is 15.7. The molecule has 0 spiro atoms.